The zero-order valence-corrected chi connectivity index (χ0v) is 11.3. The zero-order valence-electron chi connectivity index (χ0n) is 11.3. The SMILES string of the molecule is Cc1ccc(OCc2cccc(C(=O)O)c2)c(C)c1F. The highest BCUT2D eigenvalue weighted by Crippen LogP contribution is 2.24. The lowest BCUT2D eigenvalue weighted by atomic mass is 10.1. The molecule has 0 spiro atoms. The van der Waals surface area contributed by atoms with Crippen LogP contribution >= 0.6 is 0 Å². The largest absolute Gasteiger partial charge is 0.489 e. The van der Waals surface area contributed by atoms with Gasteiger partial charge in [-0.3, -0.25) is 0 Å². The summed E-state index contributed by atoms with van der Waals surface area (Å²) >= 11 is 0. The maximum atomic E-state index is 13.7. The molecule has 2 aromatic carbocycles. The molecule has 3 nitrogen and oxygen atoms in total. The van der Waals surface area contributed by atoms with E-state index in [1.807, 2.05) is 0 Å². The number of aryl methyl sites for hydroxylation is 1. The molecule has 0 aliphatic rings. The lowest BCUT2D eigenvalue weighted by Crippen LogP contribution is -2.02. The normalized spacial score (nSPS) is 10.3. The minimum Gasteiger partial charge on any atom is -0.489 e. The van der Waals surface area contributed by atoms with E-state index in [4.69, 9.17) is 9.84 Å². The van der Waals surface area contributed by atoms with Gasteiger partial charge in [-0.05, 0) is 43.2 Å². The molecule has 0 amide bonds. The van der Waals surface area contributed by atoms with Gasteiger partial charge < -0.3 is 9.84 Å². The molecule has 0 saturated heterocycles. The highest BCUT2D eigenvalue weighted by Gasteiger charge is 2.09. The van der Waals surface area contributed by atoms with Crippen LogP contribution < -0.4 is 4.74 Å². The van der Waals surface area contributed by atoms with Gasteiger partial charge in [0.2, 0.25) is 0 Å². The third-order valence-electron chi connectivity index (χ3n) is 3.10. The number of hydrogen-bond donors (Lipinski definition) is 1. The van der Waals surface area contributed by atoms with E-state index < -0.39 is 5.97 Å². The van der Waals surface area contributed by atoms with Crippen molar-refractivity contribution in [3.8, 4) is 5.75 Å². The fourth-order valence-corrected chi connectivity index (χ4v) is 1.91. The Hall–Kier alpha value is -2.36. The van der Waals surface area contributed by atoms with Gasteiger partial charge in [-0.2, -0.15) is 0 Å². The number of carboxylic acid groups (broad SMARTS) is 1. The molecule has 0 aliphatic carbocycles. The molecular formula is C16H15FO3. The number of rotatable bonds is 4. The first-order valence-electron chi connectivity index (χ1n) is 6.20. The van der Waals surface area contributed by atoms with E-state index in [1.165, 1.54) is 6.07 Å². The van der Waals surface area contributed by atoms with Crippen LogP contribution in [-0.2, 0) is 6.61 Å². The van der Waals surface area contributed by atoms with Gasteiger partial charge >= 0.3 is 5.97 Å². The molecule has 2 rings (SSSR count). The van der Waals surface area contributed by atoms with Crippen LogP contribution in [0.1, 0.15) is 27.0 Å². The van der Waals surface area contributed by atoms with E-state index in [2.05, 4.69) is 0 Å². The van der Waals surface area contributed by atoms with Crippen molar-refractivity contribution in [1.82, 2.24) is 0 Å². The van der Waals surface area contributed by atoms with Crippen LogP contribution in [0.25, 0.3) is 0 Å². The number of carboxylic acids is 1. The summed E-state index contributed by atoms with van der Waals surface area (Å²) in [5.41, 5.74) is 1.96. The summed E-state index contributed by atoms with van der Waals surface area (Å²) in [5.74, 6) is -0.792. The number of halogens is 1. The van der Waals surface area contributed by atoms with Crippen molar-refractivity contribution < 1.29 is 19.0 Å². The quantitative estimate of drug-likeness (QED) is 0.924. The van der Waals surface area contributed by atoms with Gasteiger partial charge in [-0.25, -0.2) is 9.18 Å². The molecule has 0 radical (unpaired) electrons. The Morgan fingerprint density at radius 2 is 2.00 bits per heavy atom. The third-order valence-corrected chi connectivity index (χ3v) is 3.10. The van der Waals surface area contributed by atoms with Gasteiger partial charge in [0, 0.05) is 5.56 Å². The summed E-state index contributed by atoms with van der Waals surface area (Å²) < 4.78 is 19.3. The average molecular weight is 274 g/mol. The summed E-state index contributed by atoms with van der Waals surface area (Å²) in [4.78, 5) is 10.9. The first kappa shape index (κ1) is 14.1. The molecule has 4 heteroatoms. The van der Waals surface area contributed by atoms with Gasteiger partial charge in [0.1, 0.15) is 18.2 Å². The average Bonchev–Trinajstić information content (AvgIpc) is 2.44. The highest BCUT2D eigenvalue weighted by molar-refractivity contribution is 5.87. The number of ether oxygens (including phenoxy) is 1. The number of carbonyl (C=O) groups is 1. The first-order valence-corrected chi connectivity index (χ1v) is 6.20. The lowest BCUT2D eigenvalue weighted by Gasteiger charge is -2.11. The minimum absolute atomic E-state index is 0.199. The van der Waals surface area contributed by atoms with Crippen LogP contribution in [0, 0.1) is 19.7 Å². The van der Waals surface area contributed by atoms with E-state index in [0.717, 1.165) is 5.56 Å². The van der Waals surface area contributed by atoms with Crippen molar-refractivity contribution in [2.45, 2.75) is 20.5 Å². The van der Waals surface area contributed by atoms with Gasteiger partial charge in [0.05, 0.1) is 5.56 Å². The van der Waals surface area contributed by atoms with Gasteiger partial charge in [0.15, 0.2) is 0 Å². The molecule has 0 fully saturated rings. The Balaban J connectivity index is 2.15. The number of benzene rings is 2. The Labute approximate surface area is 116 Å². The Kier molecular flexibility index (Phi) is 4.03. The molecule has 0 aromatic heterocycles. The van der Waals surface area contributed by atoms with Gasteiger partial charge in [-0.15, -0.1) is 0 Å². The summed E-state index contributed by atoms with van der Waals surface area (Å²) in [6.45, 7) is 3.55. The van der Waals surface area contributed by atoms with Crippen molar-refractivity contribution >= 4 is 5.97 Å². The summed E-state index contributed by atoms with van der Waals surface area (Å²) in [6.07, 6.45) is 0. The number of hydrogen-bond acceptors (Lipinski definition) is 2. The van der Waals surface area contributed by atoms with Crippen LogP contribution in [0.2, 0.25) is 0 Å². The second kappa shape index (κ2) is 5.74. The second-order valence-corrected chi connectivity index (χ2v) is 4.61. The van der Waals surface area contributed by atoms with E-state index in [-0.39, 0.29) is 18.0 Å². The van der Waals surface area contributed by atoms with E-state index in [0.29, 0.717) is 16.9 Å². The molecule has 0 unspecified atom stereocenters. The van der Waals surface area contributed by atoms with E-state index in [1.54, 1.807) is 44.2 Å². The predicted molar refractivity (Wildman–Crippen MR) is 73.6 cm³/mol. The Morgan fingerprint density at radius 1 is 1.25 bits per heavy atom. The molecule has 1 N–H and O–H groups in total. The van der Waals surface area contributed by atoms with Crippen molar-refractivity contribution in [2.75, 3.05) is 0 Å². The van der Waals surface area contributed by atoms with Gasteiger partial charge in [0.25, 0.3) is 0 Å². The molecule has 0 saturated carbocycles. The van der Waals surface area contributed by atoms with E-state index >= 15 is 0 Å². The van der Waals surface area contributed by atoms with Crippen molar-refractivity contribution in [2.24, 2.45) is 0 Å². The van der Waals surface area contributed by atoms with E-state index in [9.17, 15) is 9.18 Å². The van der Waals surface area contributed by atoms with Crippen LogP contribution in [0.4, 0.5) is 4.39 Å². The Bertz CT molecular complexity index is 650. The molecule has 2 aromatic rings. The molecule has 0 atom stereocenters. The van der Waals surface area contributed by atoms with Gasteiger partial charge in [-0.1, -0.05) is 18.2 Å². The van der Waals surface area contributed by atoms with Crippen molar-refractivity contribution in [1.29, 1.82) is 0 Å². The van der Waals surface area contributed by atoms with Crippen molar-refractivity contribution in [3.05, 3.63) is 64.5 Å². The molecule has 20 heavy (non-hydrogen) atoms. The molecule has 0 aliphatic heterocycles. The smallest absolute Gasteiger partial charge is 0.335 e. The number of aromatic carboxylic acids is 1. The standard InChI is InChI=1S/C16H15FO3/c1-10-6-7-14(11(2)15(10)17)20-9-12-4-3-5-13(8-12)16(18)19/h3-8H,9H2,1-2H3,(H,18,19). The minimum atomic E-state index is -0.982. The lowest BCUT2D eigenvalue weighted by molar-refractivity contribution is 0.0696. The van der Waals surface area contributed by atoms with Crippen molar-refractivity contribution in [3.63, 3.8) is 0 Å². The van der Waals surface area contributed by atoms with Crippen LogP contribution in [0.15, 0.2) is 36.4 Å². The molecule has 104 valence electrons. The fraction of sp³-hybridized carbons (Fsp3) is 0.188. The highest BCUT2D eigenvalue weighted by atomic mass is 19.1. The predicted octanol–water partition coefficient (Wildman–Crippen LogP) is 3.72. The fourth-order valence-electron chi connectivity index (χ4n) is 1.91. The topological polar surface area (TPSA) is 46.5 Å². The summed E-state index contributed by atoms with van der Waals surface area (Å²) in [5, 5.41) is 8.92. The summed E-state index contributed by atoms with van der Waals surface area (Å²) in [7, 11) is 0. The first-order chi connectivity index (χ1) is 9.49. The summed E-state index contributed by atoms with van der Waals surface area (Å²) in [6, 6.07) is 9.86. The monoisotopic (exact) mass is 274 g/mol. The zero-order chi connectivity index (χ0) is 14.7. The molecular weight excluding hydrogens is 259 g/mol. The molecule has 0 heterocycles. The second-order valence-electron chi connectivity index (χ2n) is 4.61. The Morgan fingerprint density at radius 3 is 2.70 bits per heavy atom. The van der Waals surface area contributed by atoms with Crippen LogP contribution in [-0.4, -0.2) is 11.1 Å². The molecule has 0 bridgehead atoms. The maximum Gasteiger partial charge on any atom is 0.335 e. The van der Waals surface area contributed by atoms with Crippen LogP contribution in [0.5, 0.6) is 5.75 Å². The third kappa shape index (κ3) is 2.96. The maximum absolute atomic E-state index is 13.7. The van der Waals surface area contributed by atoms with Crippen LogP contribution in [0.3, 0.4) is 0 Å².